The average molecular weight is 338 g/mol. The maximum Gasteiger partial charge on any atom is 0.253 e. The molecule has 25 heavy (non-hydrogen) atoms. The Kier molecular flexibility index (Phi) is 4.66. The van der Waals surface area contributed by atoms with Gasteiger partial charge in [0.25, 0.3) is 5.91 Å². The highest BCUT2D eigenvalue weighted by Gasteiger charge is 2.17. The molecule has 0 fully saturated rings. The van der Waals surface area contributed by atoms with Crippen LogP contribution in [-0.4, -0.2) is 26.6 Å². The van der Waals surface area contributed by atoms with Crippen LogP contribution in [0.15, 0.2) is 30.3 Å². The summed E-state index contributed by atoms with van der Waals surface area (Å²) in [6.45, 7) is 11.6. The zero-order valence-electron chi connectivity index (χ0n) is 15.6. The fraction of sp³-hybridized carbons (Fsp3) is 0.400. The van der Waals surface area contributed by atoms with Crippen molar-refractivity contribution in [2.24, 2.45) is 0 Å². The smallest absolute Gasteiger partial charge is 0.253 e. The van der Waals surface area contributed by atoms with Crippen LogP contribution in [0.1, 0.15) is 47.5 Å². The summed E-state index contributed by atoms with van der Waals surface area (Å²) in [4.78, 5) is 17.1. The molecule has 0 saturated heterocycles. The maximum atomic E-state index is 12.6. The van der Waals surface area contributed by atoms with Gasteiger partial charge in [-0.05, 0) is 52.8 Å². The highest BCUT2D eigenvalue weighted by atomic mass is 16.1. The van der Waals surface area contributed by atoms with E-state index in [0.29, 0.717) is 19.1 Å². The molecule has 0 aliphatic carbocycles. The first kappa shape index (κ1) is 17.3. The number of carbonyl (C=O) groups is 1. The second-order valence-electron chi connectivity index (χ2n) is 6.80. The van der Waals surface area contributed by atoms with E-state index in [1.165, 1.54) is 0 Å². The molecular weight excluding hydrogens is 312 g/mol. The van der Waals surface area contributed by atoms with Crippen molar-refractivity contribution in [2.45, 2.75) is 47.2 Å². The number of hydrogen-bond donors (Lipinski definition) is 1. The molecular formula is C20H26N4O. The summed E-state index contributed by atoms with van der Waals surface area (Å²) in [5.41, 5.74) is 5.00. The molecule has 5 heteroatoms. The predicted molar refractivity (Wildman–Crippen MR) is 101 cm³/mol. The minimum atomic E-state index is -0.0120. The second-order valence-corrected chi connectivity index (χ2v) is 6.80. The molecule has 3 aromatic rings. The SMILES string of the molecule is Cc1cc(C(=O)NCCn2c(C)nc3ccccc32)c(C)n1C(C)C. The number of carbonyl (C=O) groups excluding carboxylic acids is 1. The van der Waals surface area contributed by atoms with E-state index >= 15 is 0 Å². The van der Waals surface area contributed by atoms with Gasteiger partial charge in [-0.2, -0.15) is 0 Å². The van der Waals surface area contributed by atoms with Crippen molar-refractivity contribution in [3.8, 4) is 0 Å². The maximum absolute atomic E-state index is 12.6. The Morgan fingerprint density at radius 1 is 1.20 bits per heavy atom. The van der Waals surface area contributed by atoms with Gasteiger partial charge < -0.3 is 14.5 Å². The Bertz CT molecular complexity index is 917. The Balaban J connectivity index is 1.71. The number of aromatic nitrogens is 3. The number of nitrogens with one attached hydrogen (secondary N) is 1. The van der Waals surface area contributed by atoms with Gasteiger partial charge >= 0.3 is 0 Å². The van der Waals surface area contributed by atoms with Gasteiger partial charge in [0, 0.05) is 30.5 Å². The number of rotatable bonds is 5. The van der Waals surface area contributed by atoms with Crippen LogP contribution in [0.5, 0.6) is 0 Å². The molecule has 132 valence electrons. The van der Waals surface area contributed by atoms with Gasteiger partial charge in [-0.15, -0.1) is 0 Å². The van der Waals surface area contributed by atoms with Crippen LogP contribution in [0, 0.1) is 20.8 Å². The lowest BCUT2D eigenvalue weighted by atomic mass is 10.2. The molecule has 0 aliphatic heterocycles. The summed E-state index contributed by atoms with van der Waals surface area (Å²) < 4.78 is 4.34. The third kappa shape index (κ3) is 3.18. The van der Waals surface area contributed by atoms with Crippen LogP contribution >= 0.6 is 0 Å². The van der Waals surface area contributed by atoms with Crippen LogP contribution in [0.3, 0.4) is 0 Å². The second kappa shape index (κ2) is 6.75. The molecule has 2 heterocycles. The van der Waals surface area contributed by atoms with E-state index in [0.717, 1.165) is 33.8 Å². The summed E-state index contributed by atoms with van der Waals surface area (Å²) >= 11 is 0. The predicted octanol–water partition coefficient (Wildman–Crippen LogP) is 3.77. The molecule has 3 rings (SSSR count). The highest BCUT2D eigenvalue weighted by Crippen LogP contribution is 2.20. The van der Waals surface area contributed by atoms with Crippen molar-refractivity contribution in [1.82, 2.24) is 19.4 Å². The molecule has 5 nitrogen and oxygen atoms in total. The fourth-order valence-corrected chi connectivity index (χ4v) is 3.66. The van der Waals surface area contributed by atoms with Crippen molar-refractivity contribution in [2.75, 3.05) is 6.54 Å². The van der Waals surface area contributed by atoms with Crippen LogP contribution < -0.4 is 5.32 Å². The molecule has 2 aromatic heterocycles. The topological polar surface area (TPSA) is 51.9 Å². The third-order valence-electron chi connectivity index (χ3n) is 4.71. The van der Waals surface area contributed by atoms with E-state index < -0.39 is 0 Å². The molecule has 0 saturated carbocycles. The number of para-hydroxylation sites is 2. The first-order valence-electron chi connectivity index (χ1n) is 8.78. The Labute approximate surface area is 148 Å². The summed E-state index contributed by atoms with van der Waals surface area (Å²) in [6, 6.07) is 10.4. The van der Waals surface area contributed by atoms with Crippen molar-refractivity contribution in [1.29, 1.82) is 0 Å². The van der Waals surface area contributed by atoms with Gasteiger partial charge in [-0.1, -0.05) is 12.1 Å². The summed E-state index contributed by atoms with van der Waals surface area (Å²) in [7, 11) is 0. The van der Waals surface area contributed by atoms with Gasteiger partial charge in [-0.25, -0.2) is 4.98 Å². The van der Waals surface area contributed by atoms with Gasteiger partial charge in [0.1, 0.15) is 5.82 Å². The molecule has 0 aliphatic rings. The lowest BCUT2D eigenvalue weighted by Crippen LogP contribution is -2.28. The lowest BCUT2D eigenvalue weighted by molar-refractivity contribution is 0.0951. The quantitative estimate of drug-likeness (QED) is 0.770. The zero-order valence-corrected chi connectivity index (χ0v) is 15.6. The van der Waals surface area contributed by atoms with Crippen LogP contribution in [0.2, 0.25) is 0 Å². The number of hydrogen-bond acceptors (Lipinski definition) is 2. The van der Waals surface area contributed by atoms with Gasteiger partial charge in [0.05, 0.1) is 16.6 Å². The molecule has 1 amide bonds. The van der Waals surface area contributed by atoms with Gasteiger partial charge in [0.2, 0.25) is 0 Å². The lowest BCUT2D eigenvalue weighted by Gasteiger charge is -2.14. The number of imidazole rings is 1. The summed E-state index contributed by atoms with van der Waals surface area (Å²) in [5, 5.41) is 3.05. The Morgan fingerprint density at radius 2 is 1.92 bits per heavy atom. The van der Waals surface area contributed by atoms with E-state index in [1.54, 1.807) is 0 Å². The Hall–Kier alpha value is -2.56. The van der Waals surface area contributed by atoms with E-state index in [9.17, 15) is 4.79 Å². The largest absolute Gasteiger partial charge is 0.350 e. The van der Waals surface area contributed by atoms with Crippen LogP contribution in [-0.2, 0) is 6.54 Å². The normalized spacial score (nSPS) is 11.4. The Morgan fingerprint density at radius 3 is 2.60 bits per heavy atom. The van der Waals surface area contributed by atoms with Crippen LogP contribution in [0.4, 0.5) is 0 Å². The first-order valence-corrected chi connectivity index (χ1v) is 8.78. The van der Waals surface area contributed by atoms with Crippen molar-refractivity contribution < 1.29 is 4.79 Å². The number of fused-ring (bicyclic) bond motifs is 1. The van der Waals surface area contributed by atoms with E-state index in [1.807, 2.05) is 45.0 Å². The molecule has 0 spiro atoms. The molecule has 1 aromatic carbocycles. The van der Waals surface area contributed by atoms with Gasteiger partial charge in [-0.3, -0.25) is 4.79 Å². The highest BCUT2D eigenvalue weighted by molar-refractivity contribution is 5.95. The number of benzene rings is 1. The summed E-state index contributed by atoms with van der Waals surface area (Å²) in [5.74, 6) is 0.954. The molecule has 1 N–H and O–H groups in total. The minimum absolute atomic E-state index is 0.0120. The third-order valence-corrected chi connectivity index (χ3v) is 4.71. The van der Waals surface area contributed by atoms with E-state index in [2.05, 4.69) is 39.3 Å². The zero-order chi connectivity index (χ0) is 18.1. The standard InChI is InChI=1S/C20H26N4O/c1-13(2)24-14(3)12-17(15(24)4)20(25)21-10-11-23-16(5)22-18-8-6-7-9-19(18)23/h6-9,12-13H,10-11H2,1-5H3,(H,21,25). The molecule has 0 radical (unpaired) electrons. The minimum Gasteiger partial charge on any atom is -0.350 e. The van der Waals surface area contributed by atoms with Crippen molar-refractivity contribution in [3.05, 3.63) is 53.1 Å². The van der Waals surface area contributed by atoms with Crippen LogP contribution in [0.25, 0.3) is 11.0 Å². The van der Waals surface area contributed by atoms with Crippen molar-refractivity contribution in [3.63, 3.8) is 0 Å². The van der Waals surface area contributed by atoms with E-state index in [-0.39, 0.29) is 5.91 Å². The number of amides is 1. The number of aryl methyl sites for hydroxylation is 2. The van der Waals surface area contributed by atoms with E-state index in [4.69, 9.17) is 0 Å². The average Bonchev–Trinajstić information content (AvgIpc) is 3.03. The van der Waals surface area contributed by atoms with Gasteiger partial charge in [0.15, 0.2) is 0 Å². The van der Waals surface area contributed by atoms with Crippen molar-refractivity contribution >= 4 is 16.9 Å². The monoisotopic (exact) mass is 338 g/mol. The molecule has 0 unspecified atom stereocenters. The molecule has 0 atom stereocenters. The number of nitrogens with zero attached hydrogens (tertiary/aromatic N) is 3. The first-order chi connectivity index (χ1) is 11.9. The fourth-order valence-electron chi connectivity index (χ4n) is 3.66. The molecule has 0 bridgehead atoms. The summed E-state index contributed by atoms with van der Waals surface area (Å²) in [6.07, 6.45) is 0.